The van der Waals surface area contributed by atoms with Crippen molar-refractivity contribution in [2.75, 3.05) is 19.8 Å². The Bertz CT molecular complexity index is 191. The van der Waals surface area contributed by atoms with E-state index in [0.717, 1.165) is 25.9 Å². The fraction of sp³-hybridized carbons (Fsp3) is 0.917. The first-order valence-corrected chi connectivity index (χ1v) is 6.24. The van der Waals surface area contributed by atoms with E-state index >= 15 is 0 Å². The zero-order valence-electron chi connectivity index (χ0n) is 11.2. The molecule has 0 aromatic heterocycles. The van der Waals surface area contributed by atoms with Crippen molar-refractivity contribution in [1.29, 1.82) is 0 Å². The van der Waals surface area contributed by atoms with Crippen molar-refractivity contribution in [2.24, 2.45) is 11.7 Å². The Hall–Kier alpha value is -0.320. The van der Waals surface area contributed by atoms with Crippen molar-refractivity contribution >= 4 is 18.3 Å². The fourth-order valence-electron chi connectivity index (χ4n) is 1.23. The zero-order chi connectivity index (χ0) is 12.4. The van der Waals surface area contributed by atoms with Crippen molar-refractivity contribution in [3.63, 3.8) is 0 Å². The van der Waals surface area contributed by atoms with Crippen LogP contribution in [0.25, 0.3) is 0 Å². The summed E-state index contributed by atoms with van der Waals surface area (Å²) in [6.45, 7) is 8.03. The van der Waals surface area contributed by atoms with Gasteiger partial charge < -0.3 is 15.8 Å². The number of hydrogen-bond donors (Lipinski definition) is 2. The van der Waals surface area contributed by atoms with E-state index in [1.165, 1.54) is 0 Å². The number of carbonyl (C=O) groups excluding carboxylic acids is 1. The molecule has 0 fully saturated rings. The highest BCUT2D eigenvalue weighted by Gasteiger charge is 2.18. The van der Waals surface area contributed by atoms with Crippen LogP contribution >= 0.6 is 12.4 Å². The summed E-state index contributed by atoms with van der Waals surface area (Å²) in [7, 11) is 0. The number of amides is 1. The quantitative estimate of drug-likeness (QED) is 0.625. The zero-order valence-corrected chi connectivity index (χ0v) is 12.0. The Morgan fingerprint density at radius 2 is 2.00 bits per heavy atom. The smallest absolute Gasteiger partial charge is 0.237 e. The molecule has 17 heavy (non-hydrogen) atoms. The third kappa shape index (κ3) is 9.39. The van der Waals surface area contributed by atoms with E-state index in [2.05, 4.69) is 12.2 Å². The van der Waals surface area contributed by atoms with Gasteiger partial charge in [0.1, 0.15) is 0 Å². The van der Waals surface area contributed by atoms with Gasteiger partial charge in [-0.05, 0) is 12.3 Å². The van der Waals surface area contributed by atoms with Gasteiger partial charge in [0.15, 0.2) is 0 Å². The first-order valence-electron chi connectivity index (χ1n) is 6.24. The summed E-state index contributed by atoms with van der Waals surface area (Å²) in [4.78, 5) is 11.5. The summed E-state index contributed by atoms with van der Waals surface area (Å²) in [5, 5.41) is 2.79. The number of hydrogen-bond acceptors (Lipinski definition) is 3. The van der Waals surface area contributed by atoms with E-state index in [1.54, 1.807) is 0 Å². The predicted octanol–water partition coefficient (Wildman–Crippen LogP) is 1.71. The number of ether oxygens (including phenoxy) is 1. The highest BCUT2D eigenvalue weighted by atomic mass is 35.5. The van der Waals surface area contributed by atoms with Crippen LogP contribution in [0.15, 0.2) is 0 Å². The third-order valence-corrected chi connectivity index (χ3v) is 2.75. The number of nitrogens with one attached hydrogen (secondary N) is 1. The van der Waals surface area contributed by atoms with Crippen LogP contribution in [-0.4, -0.2) is 31.7 Å². The molecule has 4 nitrogen and oxygen atoms in total. The molecule has 5 heteroatoms. The number of nitrogens with two attached hydrogens (primary N) is 1. The van der Waals surface area contributed by atoms with Crippen LogP contribution in [-0.2, 0) is 9.53 Å². The SMILES string of the molecule is CCCCOCCNC(=O)C(N)C(C)CC.Cl. The second kappa shape index (κ2) is 12.1. The van der Waals surface area contributed by atoms with E-state index in [-0.39, 0.29) is 24.2 Å². The maximum absolute atomic E-state index is 11.5. The van der Waals surface area contributed by atoms with E-state index in [4.69, 9.17) is 10.5 Å². The van der Waals surface area contributed by atoms with Gasteiger partial charge in [0, 0.05) is 13.2 Å². The molecule has 0 radical (unpaired) electrons. The van der Waals surface area contributed by atoms with Gasteiger partial charge in [-0.1, -0.05) is 33.6 Å². The molecular formula is C12H27ClN2O2. The van der Waals surface area contributed by atoms with Gasteiger partial charge in [-0.25, -0.2) is 0 Å². The molecular weight excluding hydrogens is 240 g/mol. The number of carbonyl (C=O) groups is 1. The maximum atomic E-state index is 11.5. The third-order valence-electron chi connectivity index (χ3n) is 2.75. The van der Waals surface area contributed by atoms with Crippen molar-refractivity contribution in [1.82, 2.24) is 5.32 Å². The summed E-state index contributed by atoms with van der Waals surface area (Å²) in [5.41, 5.74) is 5.78. The van der Waals surface area contributed by atoms with Crippen LogP contribution in [0.3, 0.4) is 0 Å². The van der Waals surface area contributed by atoms with Gasteiger partial charge in [0.05, 0.1) is 12.6 Å². The van der Waals surface area contributed by atoms with E-state index in [0.29, 0.717) is 13.2 Å². The monoisotopic (exact) mass is 266 g/mol. The summed E-state index contributed by atoms with van der Waals surface area (Å²) in [5.74, 6) is 0.148. The molecule has 0 aliphatic carbocycles. The Morgan fingerprint density at radius 1 is 1.35 bits per heavy atom. The van der Waals surface area contributed by atoms with Crippen molar-refractivity contribution in [3.05, 3.63) is 0 Å². The highest BCUT2D eigenvalue weighted by molar-refractivity contribution is 5.85. The van der Waals surface area contributed by atoms with Crippen molar-refractivity contribution in [2.45, 2.75) is 46.1 Å². The van der Waals surface area contributed by atoms with Gasteiger partial charge in [0.2, 0.25) is 5.91 Å². The van der Waals surface area contributed by atoms with E-state index < -0.39 is 6.04 Å². The second-order valence-corrected chi connectivity index (χ2v) is 4.17. The number of unbranched alkanes of at least 4 members (excludes halogenated alkanes) is 1. The fourth-order valence-corrected chi connectivity index (χ4v) is 1.23. The molecule has 3 N–H and O–H groups in total. The Morgan fingerprint density at radius 3 is 2.53 bits per heavy atom. The van der Waals surface area contributed by atoms with Crippen molar-refractivity contribution in [3.8, 4) is 0 Å². The molecule has 2 atom stereocenters. The van der Waals surface area contributed by atoms with Crippen molar-refractivity contribution < 1.29 is 9.53 Å². The van der Waals surface area contributed by atoms with Crippen LogP contribution in [0, 0.1) is 5.92 Å². The number of halogens is 1. The Balaban J connectivity index is 0. The van der Waals surface area contributed by atoms with Crippen LogP contribution < -0.4 is 11.1 Å². The lowest BCUT2D eigenvalue weighted by Gasteiger charge is -2.17. The second-order valence-electron chi connectivity index (χ2n) is 4.17. The van der Waals surface area contributed by atoms with E-state index in [9.17, 15) is 4.79 Å². The molecule has 0 aromatic carbocycles. The van der Waals surface area contributed by atoms with Gasteiger partial charge in [-0.3, -0.25) is 4.79 Å². The van der Waals surface area contributed by atoms with Crippen LogP contribution in [0.4, 0.5) is 0 Å². The summed E-state index contributed by atoms with van der Waals surface area (Å²) in [6.07, 6.45) is 3.12. The molecule has 0 aliphatic rings. The minimum atomic E-state index is -0.402. The van der Waals surface area contributed by atoms with Gasteiger partial charge in [0.25, 0.3) is 0 Å². The number of rotatable bonds is 9. The average Bonchev–Trinajstić information content (AvgIpc) is 2.31. The first kappa shape index (κ1) is 19.0. The summed E-state index contributed by atoms with van der Waals surface area (Å²) >= 11 is 0. The van der Waals surface area contributed by atoms with E-state index in [1.807, 2.05) is 13.8 Å². The molecule has 0 rings (SSSR count). The molecule has 0 aromatic rings. The summed E-state index contributed by atoms with van der Waals surface area (Å²) < 4.78 is 5.34. The lowest BCUT2D eigenvalue weighted by molar-refractivity contribution is -0.123. The molecule has 0 heterocycles. The topological polar surface area (TPSA) is 64.3 Å². The normalized spacial score (nSPS) is 13.6. The minimum Gasteiger partial charge on any atom is -0.380 e. The Labute approximate surface area is 111 Å². The lowest BCUT2D eigenvalue weighted by Crippen LogP contribution is -2.45. The lowest BCUT2D eigenvalue weighted by atomic mass is 9.99. The van der Waals surface area contributed by atoms with Crippen LogP contribution in [0.2, 0.25) is 0 Å². The first-order chi connectivity index (χ1) is 7.63. The summed E-state index contributed by atoms with van der Waals surface area (Å²) in [6, 6.07) is -0.402. The molecule has 0 aliphatic heterocycles. The average molecular weight is 267 g/mol. The van der Waals surface area contributed by atoms with Crippen LogP contribution in [0.5, 0.6) is 0 Å². The molecule has 0 bridgehead atoms. The molecule has 104 valence electrons. The largest absolute Gasteiger partial charge is 0.380 e. The minimum absolute atomic E-state index is 0. The van der Waals surface area contributed by atoms with Gasteiger partial charge >= 0.3 is 0 Å². The maximum Gasteiger partial charge on any atom is 0.237 e. The van der Waals surface area contributed by atoms with Crippen LogP contribution in [0.1, 0.15) is 40.0 Å². The molecule has 0 saturated carbocycles. The predicted molar refractivity (Wildman–Crippen MR) is 73.4 cm³/mol. The molecule has 2 unspecified atom stereocenters. The van der Waals surface area contributed by atoms with Gasteiger partial charge in [-0.15, -0.1) is 12.4 Å². The highest BCUT2D eigenvalue weighted by Crippen LogP contribution is 2.04. The molecule has 0 spiro atoms. The Kier molecular flexibility index (Phi) is 13.6. The molecule has 0 saturated heterocycles. The molecule has 1 amide bonds. The van der Waals surface area contributed by atoms with Gasteiger partial charge in [-0.2, -0.15) is 0 Å². The standard InChI is InChI=1S/C12H26N2O2.ClH/c1-4-6-8-16-9-7-14-12(15)11(13)10(3)5-2;/h10-11H,4-9,13H2,1-3H3,(H,14,15);1H.